The molecule has 0 aliphatic heterocycles. The van der Waals surface area contributed by atoms with Gasteiger partial charge < -0.3 is 9.67 Å². The van der Waals surface area contributed by atoms with Gasteiger partial charge in [-0.25, -0.2) is 9.78 Å². The quantitative estimate of drug-likeness (QED) is 0.918. The summed E-state index contributed by atoms with van der Waals surface area (Å²) in [6, 6.07) is 5.49. The first-order valence-electron chi connectivity index (χ1n) is 7.39. The van der Waals surface area contributed by atoms with Crippen LogP contribution in [0.1, 0.15) is 63.8 Å². The molecule has 0 saturated carbocycles. The van der Waals surface area contributed by atoms with Gasteiger partial charge >= 0.3 is 5.97 Å². The molecule has 0 spiro atoms. The molecule has 1 unspecified atom stereocenters. The van der Waals surface area contributed by atoms with E-state index in [9.17, 15) is 9.90 Å². The van der Waals surface area contributed by atoms with Gasteiger partial charge in [-0.15, -0.1) is 0 Å². The van der Waals surface area contributed by atoms with Crippen LogP contribution in [0.4, 0.5) is 0 Å². The second-order valence-electron chi connectivity index (χ2n) is 7.02. The molecule has 1 aromatic heterocycles. The van der Waals surface area contributed by atoms with Crippen molar-refractivity contribution in [3.8, 4) is 0 Å². The Labute approximate surface area is 125 Å². The van der Waals surface area contributed by atoms with Crippen molar-refractivity contribution in [1.29, 1.82) is 0 Å². The zero-order valence-corrected chi connectivity index (χ0v) is 13.6. The Hall–Kier alpha value is -1.84. The van der Waals surface area contributed by atoms with Crippen LogP contribution in [0.25, 0.3) is 11.0 Å². The van der Waals surface area contributed by atoms with Crippen molar-refractivity contribution < 1.29 is 9.90 Å². The average molecular weight is 288 g/mol. The lowest BCUT2D eigenvalue weighted by atomic mass is 9.94. The Morgan fingerprint density at radius 1 is 1.24 bits per heavy atom. The molecule has 1 heterocycles. The van der Waals surface area contributed by atoms with Crippen molar-refractivity contribution in [1.82, 2.24) is 9.55 Å². The van der Waals surface area contributed by atoms with Crippen LogP contribution in [0.3, 0.4) is 0 Å². The van der Waals surface area contributed by atoms with Crippen LogP contribution in [0.2, 0.25) is 0 Å². The van der Waals surface area contributed by atoms with Gasteiger partial charge in [0.25, 0.3) is 0 Å². The SMILES string of the molecule is CC(C)C(C)n1c(C(C)(C)C)nc2cccc(C(=O)O)c21. The molecule has 4 heteroatoms. The topological polar surface area (TPSA) is 55.1 Å². The molecule has 0 aliphatic rings. The average Bonchev–Trinajstić information content (AvgIpc) is 2.76. The number of para-hydroxylation sites is 1. The molecule has 2 aromatic rings. The molecule has 0 saturated heterocycles. The standard InChI is InChI=1S/C17H24N2O2/c1-10(2)11(3)19-14-12(15(20)21)8-7-9-13(14)18-16(19)17(4,5)6/h7-11H,1-6H3,(H,20,21). The van der Waals surface area contributed by atoms with Gasteiger partial charge in [0.2, 0.25) is 0 Å². The summed E-state index contributed by atoms with van der Waals surface area (Å²) in [5, 5.41) is 9.50. The first kappa shape index (κ1) is 15.5. The highest BCUT2D eigenvalue weighted by Crippen LogP contribution is 2.33. The van der Waals surface area contributed by atoms with E-state index in [-0.39, 0.29) is 11.5 Å². The van der Waals surface area contributed by atoms with E-state index in [1.54, 1.807) is 12.1 Å². The van der Waals surface area contributed by atoms with Crippen molar-refractivity contribution in [2.24, 2.45) is 5.92 Å². The summed E-state index contributed by atoms with van der Waals surface area (Å²) in [5.41, 5.74) is 1.67. The number of rotatable bonds is 3. The molecule has 2 rings (SSSR count). The number of carboxylic acids is 1. The summed E-state index contributed by atoms with van der Waals surface area (Å²) in [4.78, 5) is 16.3. The summed E-state index contributed by atoms with van der Waals surface area (Å²) in [6.07, 6.45) is 0. The third kappa shape index (κ3) is 2.67. The van der Waals surface area contributed by atoms with Gasteiger partial charge in [-0.2, -0.15) is 0 Å². The van der Waals surface area contributed by atoms with Crippen LogP contribution in [0, 0.1) is 5.92 Å². The zero-order valence-electron chi connectivity index (χ0n) is 13.6. The van der Waals surface area contributed by atoms with Crippen molar-refractivity contribution in [3.05, 3.63) is 29.6 Å². The summed E-state index contributed by atoms with van der Waals surface area (Å²) in [6.45, 7) is 12.7. The van der Waals surface area contributed by atoms with Crippen LogP contribution in [0.15, 0.2) is 18.2 Å². The molecule has 114 valence electrons. The van der Waals surface area contributed by atoms with Crippen molar-refractivity contribution in [2.45, 2.75) is 53.0 Å². The van der Waals surface area contributed by atoms with Crippen LogP contribution in [-0.2, 0) is 5.41 Å². The molecule has 0 fully saturated rings. The van der Waals surface area contributed by atoms with E-state index in [1.807, 2.05) is 6.07 Å². The van der Waals surface area contributed by atoms with Gasteiger partial charge in [0, 0.05) is 11.5 Å². The number of carboxylic acid groups (broad SMARTS) is 1. The number of aromatic carboxylic acids is 1. The van der Waals surface area contributed by atoms with Crippen molar-refractivity contribution >= 4 is 17.0 Å². The van der Waals surface area contributed by atoms with E-state index in [2.05, 4.69) is 46.1 Å². The molecule has 1 atom stereocenters. The fourth-order valence-corrected chi connectivity index (χ4v) is 2.54. The summed E-state index contributed by atoms with van der Waals surface area (Å²) >= 11 is 0. The molecule has 1 N–H and O–H groups in total. The van der Waals surface area contributed by atoms with Gasteiger partial charge in [0.15, 0.2) is 0 Å². The maximum absolute atomic E-state index is 11.6. The van der Waals surface area contributed by atoms with E-state index in [0.717, 1.165) is 16.9 Å². The Bertz CT molecular complexity index is 678. The van der Waals surface area contributed by atoms with E-state index >= 15 is 0 Å². The minimum Gasteiger partial charge on any atom is -0.478 e. The summed E-state index contributed by atoms with van der Waals surface area (Å²) in [7, 11) is 0. The maximum atomic E-state index is 11.6. The molecule has 21 heavy (non-hydrogen) atoms. The van der Waals surface area contributed by atoms with Gasteiger partial charge in [-0.1, -0.05) is 40.7 Å². The number of benzene rings is 1. The van der Waals surface area contributed by atoms with Crippen LogP contribution >= 0.6 is 0 Å². The van der Waals surface area contributed by atoms with Gasteiger partial charge in [-0.3, -0.25) is 0 Å². The molecule has 0 radical (unpaired) electrons. The smallest absolute Gasteiger partial charge is 0.337 e. The molecular weight excluding hydrogens is 264 g/mol. The van der Waals surface area contributed by atoms with Crippen LogP contribution < -0.4 is 0 Å². The first-order valence-corrected chi connectivity index (χ1v) is 7.39. The number of imidazole rings is 1. The fraction of sp³-hybridized carbons (Fsp3) is 0.529. The Morgan fingerprint density at radius 2 is 1.86 bits per heavy atom. The number of aromatic nitrogens is 2. The van der Waals surface area contributed by atoms with Crippen molar-refractivity contribution in [3.63, 3.8) is 0 Å². The predicted octanol–water partition coefficient (Wildman–Crippen LogP) is 4.25. The third-order valence-electron chi connectivity index (χ3n) is 3.98. The number of hydrogen-bond donors (Lipinski definition) is 1. The Morgan fingerprint density at radius 3 is 2.33 bits per heavy atom. The zero-order chi connectivity index (χ0) is 15.9. The second-order valence-corrected chi connectivity index (χ2v) is 7.02. The molecular formula is C17H24N2O2. The van der Waals surface area contributed by atoms with Gasteiger partial charge in [0.1, 0.15) is 5.82 Å². The monoisotopic (exact) mass is 288 g/mol. The lowest BCUT2D eigenvalue weighted by molar-refractivity contribution is 0.0698. The van der Waals surface area contributed by atoms with E-state index in [1.165, 1.54) is 0 Å². The number of nitrogens with zero attached hydrogens (tertiary/aromatic N) is 2. The van der Waals surface area contributed by atoms with Crippen LogP contribution in [-0.4, -0.2) is 20.6 Å². The molecule has 0 amide bonds. The van der Waals surface area contributed by atoms with E-state index in [0.29, 0.717) is 11.5 Å². The molecule has 1 aromatic carbocycles. The number of hydrogen-bond acceptors (Lipinski definition) is 2. The first-order chi connectivity index (χ1) is 9.64. The lowest BCUT2D eigenvalue weighted by Crippen LogP contribution is -2.23. The summed E-state index contributed by atoms with van der Waals surface area (Å²) in [5.74, 6) is 0.427. The van der Waals surface area contributed by atoms with Gasteiger partial charge in [-0.05, 0) is 25.0 Å². The largest absolute Gasteiger partial charge is 0.478 e. The van der Waals surface area contributed by atoms with Crippen molar-refractivity contribution in [2.75, 3.05) is 0 Å². The second kappa shape index (κ2) is 5.17. The maximum Gasteiger partial charge on any atom is 0.337 e. The minimum absolute atomic E-state index is 0.141. The highest BCUT2D eigenvalue weighted by Gasteiger charge is 2.28. The van der Waals surface area contributed by atoms with Crippen LogP contribution in [0.5, 0.6) is 0 Å². The van der Waals surface area contributed by atoms with E-state index in [4.69, 9.17) is 4.98 Å². The number of fused-ring (bicyclic) bond motifs is 1. The van der Waals surface area contributed by atoms with E-state index < -0.39 is 5.97 Å². The molecule has 0 bridgehead atoms. The third-order valence-corrected chi connectivity index (χ3v) is 3.98. The minimum atomic E-state index is -0.904. The Kier molecular flexibility index (Phi) is 3.83. The lowest BCUT2D eigenvalue weighted by Gasteiger charge is -2.27. The predicted molar refractivity (Wildman–Crippen MR) is 84.9 cm³/mol. The molecule has 0 aliphatic carbocycles. The number of carbonyl (C=O) groups is 1. The highest BCUT2D eigenvalue weighted by molar-refractivity contribution is 6.01. The molecule has 4 nitrogen and oxygen atoms in total. The normalized spacial score (nSPS) is 13.9. The highest BCUT2D eigenvalue weighted by atomic mass is 16.4. The fourth-order valence-electron chi connectivity index (χ4n) is 2.54. The Balaban J connectivity index is 2.90. The summed E-state index contributed by atoms with van der Waals surface area (Å²) < 4.78 is 2.11. The van der Waals surface area contributed by atoms with Gasteiger partial charge in [0.05, 0.1) is 16.6 Å².